The fraction of sp³-hybridized carbons (Fsp3) is 0.450. The van der Waals surface area contributed by atoms with Gasteiger partial charge in [-0.1, -0.05) is 12.1 Å². The van der Waals surface area contributed by atoms with Gasteiger partial charge in [-0.3, -0.25) is 0 Å². The monoisotopic (exact) mass is 384 g/mol. The second kappa shape index (κ2) is 8.33. The number of guanidine groups is 1. The van der Waals surface area contributed by atoms with Gasteiger partial charge >= 0.3 is 6.09 Å². The molecule has 0 bridgehead atoms. The van der Waals surface area contributed by atoms with Gasteiger partial charge in [-0.05, 0) is 44.5 Å². The zero-order chi connectivity index (χ0) is 20.1. The van der Waals surface area contributed by atoms with E-state index in [1.807, 2.05) is 66.9 Å². The second-order valence-corrected chi connectivity index (χ2v) is 7.75. The van der Waals surface area contributed by atoms with Crippen LogP contribution in [-0.4, -0.2) is 63.4 Å². The minimum atomic E-state index is -0.487. The minimum absolute atomic E-state index is 0.280. The molecule has 1 aliphatic heterocycles. The van der Waals surface area contributed by atoms with E-state index in [9.17, 15) is 4.79 Å². The number of carbonyl (C=O) groups excluding carboxylic acids is 1. The quantitative estimate of drug-likeness (QED) is 0.648. The Morgan fingerprint density at radius 1 is 1.18 bits per heavy atom. The first-order valence-corrected chi connectivity index (χ1v) is 9.43. The van der Waals surface area contributed by atoms with Gasteiger partial charge in [0.2, 0.25) is 0 Å². The molecule has 0 aliphatic carbocycles. The van der Waals surface area contributed by atoms with Gasteiger partial charge in [-0.15, -0.1) is 0 Å². The summed E-state index contributed by atoms with van der Waals surface area (Å²) in [6.45, 7) is 8.52. The molecule has 0 radical (unpaired) electrons. The number of hydrogen-bond donors (Lipinski definition) is 1. The molecule has 8 heteroatoms. The van der Waals surface area contributed by atoms with Gasteiger partial charge in [0.05, 0.1) is 12.2 Å². The fourth-order valence-electron chi connectivity index (χ4n) is 2.94. The third kappa shape index (κ3) is 5.25. The van der Waals surface area contributed by atoms with E-state index in [1.54, 1.807) is 11.1 Å². The van der Waals surface area contributed by atoms with Crippen molar-refractivity contribution in [2.45, 2.75) is 32.9 Å². The largest absolute Gasteiger partial charge is 0.444 e. The molecule has 3 rings (SSSR count). The van der Waals surface area contributed by atoms with Crippen LogP contribution in [-0.2, 0) is 11.3 Å². The number of nitrogens with two attached hydrogens (primary N) is 1. The summed E-state index contributed by atoms with van der Waals surface area (Å²) in [5.74, 6) is 0.494. The van der Waals surface area contributed by atoms with Crippen molar-refractivity contribution in [2.24, 2.45) is 10.7 Å². The molecule has 0 spiro atoms. The molecule has 28 heavy (non-hydrogen) atoms. The first-order chi connectivity index (χ1) is 13.3. The molecule has 0 atom stereocenters. The van der Waals surface area contributed by atoms with Crippen LogP contribution >= 0.6 is 0 Å². The molecule has 2 N–H and O–H groups in total. The molecule has 1 aromatic carbocycles. The van der Waals surface area contributed by atoms with E-state index in [0.29, 0.717) is 38.7 Å². The molecule has 150 valence electrons. The van der Waals surface area contributed by atoms with E-state index in [-0.39, 0.29) is 6.09 Å². The summed E-state index contributed by atoms with van der Waals surface area (Å²) in [5.41, 5.74) is 7.74. The number of aromatic nitrogens is 2. The molecule has 1 aromatic heterocycles. The van der Waals surface area contributed by atoms with Crippen molar-refractivity contribution in [3.63, 3.8) is 0 Å². The summed E-state index contributed by atoms with van der Waals surface area (Å²) < 4.78 is 7.23. The Balaban J connectivity index is 1.54. The number of benzene rings is 1. The Labute approximate surface area is 165 Å². The highest BCUT2D eigenvalue weighted by Gasteiger charge is 2.26. The molecule has 0 unspecified atom stereocenters. The normalized spacial score (nSPS) is 15.6. The third-order valence-electron chi connectivity index (χ3n) is 4.36. The van der Waals surface area contributed by atoms with Gasteiger partial charge in [0.1, 0.15) is 5.60 Å². The molecular formula is C20H28N6O2. The number of amides is 1. The summed E-state index contributed by atoms with van der Waals surface area (Å²) in [5, 5.41) is 4.25. The number of aliphatic imine (C=N–C) groups is 1. The summed E-state index contributed by atoms with van der Waals surface area (Å²) in [4.78, 5) is 20.4. The summed E-state index contributed by atoms with van der Waals surface area (Å²) in [6, 6.07) is 9.94. The maximum Gasteiger partial charge on any atom is 0.410 e. The van der Waals surface area contributed by atoms with Crippen LogP contribution in [0.1, 0.15) is 26.3 Å². The number of nitrogens with zero attached hydrogens (tertiary/aromatic N) is 5. The predicted molar refractivity (Wildman–Crippen MR) is 108 cm³/mol. The lowest BCUT2D eigenvalue weighted by atomic mass is 10.2. The number of hydrogen-bond acceptors (Lipinski definition) is 4. The maximum absolute atomic E-state index is 12.1. The number of piperazine rings is 1. The zero-order valence-corrected chi connectivity index (χ0v) is 16.7. The highest BCUT2D eigenvalue weighted by atomic mass is 16.6. The minimum Gasteiger partial charge on any atom is -0.444 e. The van der Waals surface area contributed by atoms with Gasteiger partial charge in [0, 0.05) is 38.6 Å². The van der Waals surface area contributed by atoms with Crippen molar-refractivity contribution in [1.82, 2.24) is 19.6 Å². The lowest BCUT2D eigenvalue weighted by Gasteiger charge is -2.36. The van der Waals surface area contributed by atoms with Gasteiger partial charge < -0.3 is 20.3 Å². The second-order valence-electron chi connectivity index (χ2n) is 7.75. The van der Waals surface area contributed by atoms with Crippen molar-refractivity contribution in [1.29, 1.82) is 0 Å². The maximum atomic E-state index is 12.1. The lowest BCUT2D eigenvalue weighted by molar-refractivity contribution is 0.0186. The van der Waals surface area contributed by atoms with Crippen molar-refractivity contribution < 1.29 is 9.53 Å². The predicted octanol–water partition coefficient (Wildman–Crippen LogP) is 2.24. The Hall–Kier alpha value is -3.03. The van der Waals surface area contributed by atoms with Gasteiger partial charge in [0.25, 0.3) is 0 Å². The van der Waals surface area contributed by atoms with E-state index in [4.69, 9.17) is 10.5 Å². The van der Waals surface area contributed by atoms with Crippen molar-refractivity contribution in [3.05, 3.63) is 48.3 Å². The Bertz CT molecular complexity index is 817. The van der Waals surface area contributed by atoms with Crippen molar-refractivity contribution in [2.75, 3.05) is 26.2 Å². The van der Waals surface area contributed by atoms with Crippen LogP contribution in [0.3, 0.4) is 0 Å². The highest BCUT2D eigenvalue weighted by Crippen LogP contribution is 2.13. The van der Waals surface area contributed by atoms with Crippen molar-refractivity contribution in [3.8, 4) is 5.69 Å². The van der Waals surface area contributed by atoms with Crippen LogP contribution in [0.15, 0.2) is 47.7 Å². The van der Waals surface area contributed by atoms with Crippen LogP contribution in [0.4, 0.5) is 4.79 Å². The zero-order valence-electron chi connectivity index (χ0n) is 16.7. The average molecular weight is 384 g/mol. The summed E-state index contributed by atoms with van der Waals surface area (Å²) >= 11 is 0. The SMILES string of the molecule is CC(C)(C)OC(=O)N1CCN(C(N)=NCc2cccc(-n3cccn3)c2)CC1. The standard InChI is InChI=1S/C20H28N6O2/c1-20(2,3)28-19(27)25-12-10-24(11-13-25)18(21)22-15-16-6-4-7-17(14-16)26-9-5-8-23-26/h4-9,14H,10-13,15H2,1-3H3,(H2,21,22). The van der Waals surface area contributed by atoms with Gasteiger partial charge in [0.15, 0.2) is 5.96 Å². The van der Waals surface area contributed by atoms with Crippen LogP contribution in [0.2, 0.25) is 0 Å². The number of carbonyl (C=O) groups is 1. The lowest BCUT2D eigenvalue weighted by Crippen LogP contribution is -2.53. The third-order valence-corrected chi connectivity index (χ3v) is 4.36. The van der Waals surface area contributed by atoms with E-state index in [1.165, 1.54) is 0 Å². The number of rotatable bonds is 3. The first-order valence-electron chi connectivity index (χ1n) is 9.43. The summed E-state index contributed by atoms with van der Waals surface area (Å²) in [6.07, 6.45) is 3.37. The van der Waals surface area contributed by atoms with Gasteiger partial charge in [-0.2, -0.15) is 5.10 Å². The van der Waals surface area contributed by atoms with Crippen molar-refractivity contribution >= 4 is 12.1 Å². The van der Waals surface area contributed by atoms with Crippen LogP contribution < -0.4 is 5.73 Å². The van der Waals surface area contributed by atoms with E-state index in [2.05, 4.69) is 10.1 Å². The molecule has 0 saturated carbocycles. The highest BCUT2D eigenvalue weighted by molar-refractivity contribution is 5.78. The molecule has 8 nitrogen and oxygen atoms in total. The molecule has 2 heterocycles. The fourth-order valence-corrected chi connectivity index (χ4v) is 2.94. The van der Waals surface area contributed by atoms with E-state index < -0.39 is 5.60 Å². The number of ether oxygens (including phenoxy) is 1. The Morgan fingerprint density at radius 2 is 1.89 bits per heavy atom. The van der Waals surface area contributed by atoms with E-state index >= 15 is 0 Å². The topological polar surface area (TPSA) is 89.0 Å². The first kappa shape index (κ1) is 19.7. The summed E-state index contributed by atoms with van der Waals surface area (Å²) in [7, 11) is 0. The molecule has 1 aliphatic rings. The Morgan fingerprint density at radius 3 is 2.54 bits per heavy atom. The Kier molecular flexibility index (Phi) is 5.87. The molecule has 1 amide bonds. The average Bonchev–Trinajstić information content (AvgIpc) is 3.20. The smallest absolute Gasteiger partial charge is 0.410 e. The molecule has 1 fully saturated rings. The van der Waals surface area contributed by atoms with Crippen LogP contribution in [0, 0.1) is 0 Å². The molecular weight excluding hydrogens is 356 g/mol. The van der Waals surface area contributed by atoms with Crippen LogP contribution in [0.25, 0.3) is 5.69 Å². The van der Waals surface area contributed by atoms with E-state index in [0.717, 1.165) is 11.3 Å². The van der Waals surface area contributed by atoms with Gasteiger partial charge in [-0.25, -0.2) is 14.5 Å². The molecule has 2 aromatic rings. The molecule has 1 saturated heterocycles. The van der Waals surface area contributed by atoms with Crippen LogP contribution in [0.5, 0.6) is 0 Å².